The molecule has 8 heteroatoms. The van der Waals surface area contributed by atoms with Gasteiger partial charge < -0.3 is 4.98 Å². The third-order valence-electron chi connectivity index (χ3n) is 3.59. The first-order chi connectivity index (χ1) is 11.2. The van der Waals surface area contributed by atoms with Crippen LogP contribution in [-0.4, -0.2) is 19.7 Å². The third-order valence-corrected chi connectivity index (χ3v) is 5.34. The van der Waals surface area contributed by atoms with Crippen LogP contribution in [0.15, 0.2) is 58.5 Å². The van der Waals surface area contributed by atoms with Crippen LogP contribution in [0.5, 0.6) is 0 Å². The number of rotatable bonds is 3. The standard InChI is InChI=1S/C16H10F3NO3S/c17-16(18,19)11-2-1-3-12(6-11)24(22,23)13-4-5-15-14(7-13)10(9-21)8-20-15/h1-9,20H. The van der Waals surface area contributed by atoms with Crippen LogP contribution in [0.3, 0.4) is 0 Å². The van der Waals surface area contributed by atoms with E-state index in [-0.39, 0.29) is 10.5 Å². The lowest BCUT2D eigenvalue weighted by molar-refractivity contribution is -0.137. The summed E-state index contributed by atoms with van der Waals surface area (Å²) in [6.07, 6.45) is -2.64. The molecule has 0 aliphatic heterocycles. The largest absolute Gasteiger partial charge is 0.416 e. The van der Waals surface area contributed by atoms with Crippen molar-refractivity contribution in [3.63, 3.8) is 0 Å². The summed E-state index contributed by atoms with van der Waals surface area (Å²) < 4.78 is 63.6. The van der Waals surface area contributed by atoms with Gasteiger partial charge in [-0.05, 0) is 36.4 Å². The van der Waals surface area contributed by atoms with Gasteiger partial charge in [0.05, 0.1) is 15.4 Å². The van der Waals surface area contributed by atoms with Gasteiger partial charge >= 0.3 is 6.18 Å². The number of hydrogen-bond donors (Lipinski definition) is 1. The molecule has 0 saturated carbocycles. The Morgan fingerprint density at radius 2 is 1.71 bits per heavy atom. The summed E-state index contributed by atoms with van der Waals surface area (Å²) in [4.78, 5) is 13.1. The highest BCUT2D eigenvalue weighted by molar-refractivity contribution is 7.91. The zero-order chi connectivity index (χ0) is 17.5. The highest BCUT2D eigenvalue weighted by Gasteiger charge is 2.32. The molecule has 0 radical (unpaired) electrons. The molecule has 0 aliphatic rings. The van der Waals surface area contributed by atoms with E-state index in [1.165, 1.54) is 24.4 Å². The molecule has 0 amide bonds. The van der Waals surface area contributed by atoms with E-state index in [2.05, 4.69) is 4.98 Å². The topological polar surface area (TPSA) is 67.0 Å². The fraction of sp³-hybridized carbons (Fsp3) is 0.0625. The summed E-state index contributed by atoms with van der Waals surface area (Å²) >= 11 is 0. The number of aromatic amines is 1. The second kappa shape index (κ2) is 5.48. The number of sulfone groups is 1. The predicted octanol–water partition coefficient (Wildman–Crippen LogP) is 3.83. The maximum absolute atomic E-state index is 12.8. The van der Waals surface area contributed by atoms with Crippen LogP contribution in [0.1, 0.15) is 15.9 Å². The number of aldehydes is 1. The smallest absolute Gasteiger partial charge is 0.360 e. The van der Waals surface area contributed by atoms with Gasteiger partial charge in [-0.2, -0.15) is 13.2 Å². The van der Waals surface area contributed by atoms with E-state index in [0.717, 1.165) is 18.2 Å². The van der Waals surface area contributed by atoms with Crippen molar-refractivity contribution in [1.29, 1.82) is 0 Å². The number of benzene rings is 2. The lowest BCUT2D eigenvalue weighted by Crippen LogP contribution is -2.08. The average molecular weight is 353 g/mol. The highest BCUT2D eigenvalue weighted by Crippen LogP contribution is 2.32. The normalized spacial score (nSPS) is 12.5. The van der Waals surface area contributed by atoms with E-state index in [9.17, 15) is 26.4 Å². The summed E-state index contributed by atoms with van der Waals surface area (Å²) in [6, 6.07) is 7.56. The van der Waals surface area contributed by atoms with Gasteiger partial charge in [0, 0.05) is 22.7 Å². The summed E-state index contributed by atoms with van der Waals surface area (Å²) in [7, 11) is -4.15. The number of nitrogens with one attached hydrogen (secondary N) is 1. The Hall–Kier alpha value is -2.61. The van der Waals surface area contributed by atoms with Crippen molar-refractivity contribution in [2.45, 2.75) is 16.0 Å². The molecule has 24 heavy (non-hydrogen) atoms. The van der Waals surface area contributed by atoms with Crippen molar-refractivity contribution in [2.24, 2.45) is 0 Å². The zero-order valence-electron chi connectivity index (χ0n) is 12.0. The van der Waals surface area contributed by atoms with Gasteiger partial charge in [0.1, 0.15) is 0 Å². The number of aromatic nitrogens is 1. The minimum absolute atomic E-state index is 0.183. The molecule has 124 valence electrons. The number of carbonyl (C=O) groups is 1. The molecular formula is C16H10F3NO3S. The lowest BCUT2D eigenvalue weighted by Gasteiger charge is -2.09. The van der Waals surface area contributed by atoms with Gasteiger partial charge in [-0.1, -0.05) is 6.07 Å². The number of halogens is 3. The maximum Gasteiger partial charge on any atom is 0.416 e. The summed E-state index contributed by atoms with van der Waals surface area (Å²) in [5, 5.41) is 0.387. The predicted molar refractivity (Wildman–Crippen MR) is 80.6 cm³/mol. The van der Waals surface area contributed by atoms with Crippen LogP contribution >= 0.6 is 0 Å². The Labute approximate surface area is 134 Å². The SMILES string of the molecule is O=Cc1c[nH]c2ccc(S(=O)(=O)c3cccc(C(F)(F)F)c3)cc12. The number of H-pyrrole nitrogens is 1. The van der Waals surface area contributed by atoms with Crippen LogP contribution in [0.4, 0.5) is 13.2 Å². The van der Waals surface area contributed by atoms with E-state index in [0.29, 0.717) is 23.3 Å². The average Bonchev–Trinajstić information content (AvgIpc) is 2.96. The molecule has 0 aliphatic carbocycles. The first kappa shape index (κ1) is 16.3. The van der Waals surface area contributed by atoms with Crippen LogP contribution in [0, 0.1) is 0 Å². The fourth-order valence-electron chi connectivity index (χ4n) is 2.36. The van der Waals surface area contributed by atoms with E-state index >= 15 is 0 Å². The molecule has 1 heterocycles. The lowest BCUT2D eigenvalue weighted by atomic mass is 10.2. The third kappa shape index (κ3) is 2.69. The summed E-state index contributed by atoms with van der Waals surface area (Å²) in [6.45, 7) is 0. The van der Waals surface area contributed by atoms with Crippen LogP contribution < -0.4 is 0 Å². The summed E-state index contributed by atoms with van der Waals surface area (Å²) in [5.41, 5.74) is -0.217. The number of alkyl halides is 3. The van der Waals surface area contributed by atoms with Crippen LogP contribution in [0.2, 0.25) is 0 Å². The Bertz CT molecular complexity index is 1040. The highest BCUT2D eigenvalue weighted by atomic mass is 32.2. The van der Waals surface area contributed by atoms with Crippen LogP contribution in [-0.2, 0) is 16.0 Å². The molecule has 0 spiro atoms. The van der Waals surface area contributed by atoms with E-state index in [1.807, 2.05) is 0 Å². The quantitative estimate of drug-likeness (QED) is 0.728. The van der Waals surface area contributed by atoms with Gasteiger partial charge in [-0.3, -0.25) is 4.79 Å². The van der Waals surface area contributed by atoms with Gasteiger partial charge in [0.15, 0.2) is 6.29 Å². The van der Waals surface area contributed by atoms with Crippen molar-refractivity contribution in [1.82, 2.24) is 4.98 Å². The van der Waals surface area contributed by atoms with Crippen molar-refractivity contribution < 1.29 is 26.4 Å². The second-order valence-corrected chi connectivity index (χ2v) is 7.05. The van der Waals surface area contributed by atoms with Crippen LogP contribution in [0.25, 0.3) is 10.9 Å². The number of fused-ring (bicyclic) bond motifs is 1. The van der Waals surface area contributed by atoms with E-state index < -0.39 is 26.5 Å². The van der Waals surface area contributed by atoms with Crippen molar-refractivity contribution in [3.05, 3.63) is 59.8 Å². The minimum atomic E-state index is -4.64. The molecule has 3 aromatic rings. The Morgan fingerprint density at radius 3 is 2.38 bits per heavy atom. The Balaban J connectivity index is 2.16. The van der Waals surface area contributed by atoms with E-state index in [1.54, 1.807) is 0 Å². The Kier molecular flexibility index (Phi) is 3.71. The first-order valence-electron chi connectivity index (χ1n) is 6.72. The fourth-order valence-corrected chi connectivity index (χ4v) is 3.69. The van der Waals surface area contributed by atoms with Gasteiger partial charge in [-0.25, -0.2) is 8.42 Å². The summed E-state index contributed by atoms with van der Waals surface area (Å²) in [5.74, 6) is 0. The first-order valence-corrected chi connectivity index (χ1v) is 8.20. The minimum Gasteiger partial charge on any atom is -0.360 e. The Morgan fingerprint density at radius 1 is 1.00 bits per heavy atom. The molecule has 0 bridgehead atoms. The molecule has 0 atom stereocenters. The van der Waals surface area contributed by atoms with Gasteiger partial charge in [0.25, 0.3) is 0 Å². The monoisotopic (exact) mass is 353 g/mol. The molecular weight excluding hydrogens is 343 g/mol. The van der Waals surface area contributed by atoms with E-state index in [4.69, 9.17) is 0 Å². The molecule has 1 N–H and O–H groups in total. The zero-order valence-corrected chi connectivity index (χ0v) is 12.8. The molecule has 3 rings (SSSR count). The molecule has 2 aromatic carbocycles. The molecule has 0 unspecified atom stereocenters. The molecule has 1 aromatic heterocycles. The molecule has 0 saturated heterocycles. The van der Waals surface area contributed by atoms with Gasteiger partial charge in [0.2, 0.25) is 9.84 Å². The molecule has 4 nitrogen and oxygen atoms in total. The van der Waals surface area contributed by atoms with Crippen molar-refractivity contribution in [3.8, 4) is 0 Å². The van der Waals surface area contributed by atoms with Crippen molar-refractivity contribution in [2.75, 3.05) is 0 Å². The maximum atomic E-state index is 12.8. The number of hydrogen-bond acceptors (Lipinski definition) is 3. The second-order valence-electron chi connectivity index (χ2n) is 5.10. The van der Waals surface area contributed by atoms with Crippen molar-refractivity contribution >= 4 is 27.0 Å². The molecule has 0 fully saturated rings. The van der Waals surface area contributed by atoms with Gasteiger partial charge in [-0.15, -0.1) is 0 Å². The number of carbonyl (C=O) groups excluding carboxylic acids is 1.